The minimum Gasteiger partial charge on any atom is -0.394 e. The second-order valence-electron chi connectivity index (χ2n) is 5.98. The lowest BCUT2D eigenvalue weighted by atomic mass is 10.0. The van der Waals surface area contributed by atoms with Crippen LogP contribution in [0, 0.1) is 11.7 Å². The lowest BCUT2D eigenvalue weighted by Crippen LogP contribution is -2.39. The number of benzene rings is 1. The number of carbonyl (C=O) groups excluding carboxylic acids is 1. The number of carbonyl (C=O) groups is 1. The zero-order chi connectivity index (χ0) is 16.8. The van der Waals surface area contributed by atoms with E-state index in [4.69, 9.17) is 0 Å². The number of aliphatic hydroxyl groups excluding tert-OH is 1. The molecule has 0 fully saturated rings. The van der Waals surface area contributed by atoms with E-state index in [-0.39, 0.29) is 30.8 Å². The van der Waals surface area contributed by atoms with Crippen LogP contribution in [0.4, 0.5) is 4.39 Å². The molecule has 0 spiro atoms. The van der Waals surface area contributed by atoms with E-state index in [0.29, 0.717) is 11.6 Å². The summed E-state index contributed by atoms with van der Waals surface area (Å²) >= 11 is 0. The third-order valence-electron chi connectivity index (χ3n) is 3.42. The highest BCUT2D eigenvalue weighted by molar-refractivity contribution is 5.78. The Morgan fingerprint density at radius 3 is 2.61 bits per heavy atom. The van der Waals surface area contributed by atoms with Gasteiger partial charge in [0, 0.05) is 6.20 Å². The van der Waals surface area contributed by atoms with Crippen molar-refractivity contribution in [3.8, 4) is 5.69 Å². The SMILES string of the molecule is CC(C)CC(CO)NC(=O)Cc1ccn(-c2ccc(F)cc2)n1. The van der Waals surface area contributed by atoms with Crippen LogP contribution in [0.5, 0.6) is 0 Å². The number of aliphatic hydroxyl groups is 1. The summed E-state index contributed by atoms with van der Waals surface area (Å²) in [6.07, 6.45) is 2.60. The normalized spacial score (nSPS) is 12.4. The van der Waals surface area contributed by atoms with E-state index in [1.165, 1.54) is 12.1 Å². The van der Waals surface area contributed by atoms with Gasteiger partial charge in [-0.2, -0.15) is 5.10 Å². The van der Waals surface area contributed by atoms with Gasteiger partial charge in [0.1, 0.15) is 5.82 Å². The Bertz CT molecular complexity index is 638. The third-order valence-corrected chi connectivity index (χ3v) is 3.42. The first-order valence-electron chi connectivity index (χ1n) is 7.68. The van der Waals surface area contributed by atoms with Crippen molar-refractivity contribution in [2.45, 2.75) is 32.7 Å². The summed E-state index contributed by atoms with van der Waals surface area (Å²) in [4.78, 5) is 12.0. The molecule has 0 radical (unpaired) electrons. The Balaban J connectivity index is 1.95. The van der Waals surface area contributed by atoms with Crippen molar-refractivity contribution in [3.05, 3.63) is 48.0 Å². The van der Waals surface area contributed by atoms with Crippen molar-refractivity contribution in [2.75, 3.05) is 6.61 Å². The average molecular weight is 319 g/mol. The van der Waals surface area contributed by atoms with Gasteiger partial charge < -0.3 is 10.4 Å². The van der Waals surface area contributed by atoms with Gasteiger partial charge in [0.2, 0.25) is 5.91 Å². The summed E-state index contributed by atoms with van der Waals surface area (Å²) in [6, 6.07) is 7.48. The molecule has 0 aliphatic heterocycles. The number of halogens is 1. The van der Waals surface area contributed by atoms with Crippen LogP contribution in [0.2, 0.25) is 0 Å². The van der Waals surface area contributed by atoms with E-state index < -0.39 is 0 Å². The number of hydrogen-bond donors (Lipinski definition) is 2. The topological polar surface area (TPSA) is 67.2 Å². The molecule has 5 nitrogen and oxygen atoms in total. The molecular formula is C17H22FN3O2. The first-order valence-corrected chi connectivity index (χ1v) is 7.68. The van der Waals surface area contributed by atoms with Crippen molar-refractivity contribution >= 4 is 5.91 Å². The molecule has 0 aliphatic rings. The fraction of sp³-hybridized carbons (Fsp3) is 0.412. The second kappa shape index (κ2) is 7.87. The van der Waals surface area contributed by atoms with E-state index >= 15 is 0 Å². The van der Waals surface area contributed by atoms with E-state index in [0.717, 1.165) is 12.1 Å². The molecule has 1 amide bonds. The van der Waals surface area contributed by atoms with Crippen LogP contribution >= 0.6 is 0 Å². The van der Waals surface area contributed by atoms with Crippen LogP contribution in [0.25, 0.3) is 5.69 Å². The van der Waals surface area contributed by atoms with E-state index in [9.17, 15) is 14.3 Å². The lowest BCUT2D eigenvalue weighted by Gasteiger charge is -2.17. The molecule has 0 aliphatic carbocycles. The van der Waals surface area contributed by atoms with Gasteiger partial charge in [0.25, 0.3) is 0 Å². The molecule has 2 aromatic rings. The molecule has 2 rings (SSSR count). The van der Waals surface area contributed by atoms with Crippen molar-refractivity contribution < 1.29 is 14.3 Å². The number of amides is 1. The molecule has 6 heteroatoms. The van der Waals surface area contributed by atoms with Crippen LogP contribution in [0.3, 0.4) is 0 Å². The quantitative estimate of drug-likeness (QED) is 0.821. The summed E-state index contributed by atoms with van der Waals surface area (Å²) in [5, 5.41) is 16.4. The van der Waals surface area contributed by atoms with Crippen molar-refractivity contribution in [1.29, 1.82) is 0 Å². The van der Waals surface area contributed by atoms with Gasteiger partial charge in [-0.25, -0.2) is 9.07 Å². The Labute approximate surface area is 135 Å². The molecule has 1 aromatic carbocycles. The van der Waals surface area contributed by atoms with E-state index in [2.05, 4.69) is 10.4 Å². The fourth-order valence-corrected chi connectivity index (χ4v) is 2.38. The smallest absolute Gasteiger partial charge is 0.226 e. The van der Waals surface area contributed by atoms with Crippen molar-refractivity contribution in [3.63, 3.8) is 0 Å². The van der Waals surface area contributed by atoms with Crippen LogP contribution < -0.4 is 5.32 Å². The molecule has 0 bridgehead atoms. The van der Waals surface area contributed by atoms with Gasteiger partial charge >= 0.3 is 0 Å². The standard InChI is InChI=1S/C17H22FN3O2/c1-12(2)9-15(11-22)19-17(23)10-14-7-8-21(20-14)16-5-3-13(18)4-6-16/h3-8,12,15,22H,9-11H2,1-2H3,(H,19,23). The Hall–Kier alpha value is -2.21. The summed E-state index contributed by atoms with van der Waals surface area (Å²) in [7, 11) is 0. The Morgan fingerprint density at radius 1 is 1.30 bits per heavy atom. The summed E-state index contributed by atoms with van der Waals surface area (Å²) < 4.78 is 14.5. The third kappa shape index (κ3) is 5.17. The molecule has 23 heavy (non-hydrogen) atoms. The van der Waals surface area contributed by atoms with Crippen LogP contribution in [0.15, 0.2) is 36.5 Å². The van der Waals surface area contributed by atoms with Gasteiger partial charge in [-0.3, -0.25) is 4.79 Å². The Morgan fingerprint density at radius 2 is 2.00 bits per heavy atom. The zero-order valence-electron chi connectivity index (χ0n) is 13.4. The maximum absolute atomic E-state index is 12.9. The lowest BCUT2D eigenvalue weighted by molar-refractivity contribution is -0.121. The van der Waals surface area contributed by atoms with Crippen LogP contribution in [-0.4, -0.2) is 33.4 Å². The molecule has 1 unspecified atom stereocenters. The van der Waals surface area contributed by atoms with Gasteiger partial charge in [0.15, 0.2) is 0 Å². The number of aromatic nitrogens is 2. The van der Waals surface area contributed by atoms with E-state index in [1.54, 1.807) is 29.1 Å². The fourth-order valence-electron chi connectivity index (χ4n) is 2.38. The predicted octanol–water partition coefficient (Wildman–Crippen LogP) is 2.08. The number of hydrogen-bond acceptors (Lipinski definition) is 3. The molecule has 1 heterocycles. The van der Waals surface area contributed by atoms with Gasteiger partial charge in [-0.05, 0) is 42.7 Å². The maximum atomic E-state index is 12.9. The molecule has 1 atom stereocenters. The summed E-state index contributed by atoms with van der Waals surface area (Å²) in [5.41, 5.74) is 1.35. The highest BCUT2D eigenvalue weighted by Gasteiger charge is 2.14. The summed E-state index contributed by atoms with van der Waals surface area (Å²) in [6.45, 7) is 4.01. The maximum Gasteiger partial charge on any atom is 0.226 e. The molecule has 124 valence electrons. The predicted molar refractivity (Wildman–Crippen MR) is 85.7 cm³/mol. The van der Waals surface area contributed by atoms with Gasteiger partial charge in [-0.1, -0.05) is 13.8 Å². The van der Waals surface area contributed by atoms with Gasteiger partial charge in [-0.15, -0.1) is 0 Å². The molecule has 0 saturated carbocycles. The number of rotatable bonds is 7. The molecule has 0 saturated heterocycles. The summed E-state index contributed by atoms with van der Waals surface area (Å²) in [5.74, 6) is -0.0834. The first-order chi connectivity index (χ1) is 11.0. The first kappa shape index (κ1) is 17.1. The monoisotopic (exact) mass is 319 g/mol. The van der Waals surface area contributed by atoms with Gasteiger partial charge in [0.05, 0.1) is 30.5 Å². The number of nitrogens with zero attached hydrogens (tertiary/aromatic N) is 2. The largest absolute Gasteiger partial charge is 0.394 e. The second-order valence-corrected chi connectivity index (χ2v) is 5.98. The average Bonchev–Trinajstić information content (AvgIpc) is 2.95. The highest BCUT2D eigenvalue weighted by atomic mass is 19.1. The molecular weight excluding hydrogens is 297 g/mol. The minimum absolute atomic E-state index is 0.0755. The minimum atomic E-state index is -0.305. The van der Waals surface area contributed by atoms with Crippen molar-refractivity contribution in [2.24, 2.45) is 5.92 Å². The molecule has 2 N–H and O–H groups in total. The van der Waals surface area contributed by atoms with E-state index in [1.807, 2.05) is 13.8 Å². The zero-order valence-corrected chi connectivity index (χ0v) is 13.4. The molecule has 1 aromatic heterocycles. The number of nitrogens with one attached hydrogen (secondary N) is 1. The Kier molecular flexibility index (Phi) is 5.87. The van der Waals surface area contributed by atoms with Crippen LogP contribution in [0.1, 0.15) is 26.0 Å². The highest BCUT2D eigenvalue weighted by Crippen LogP contribution is 2.10. The van der Waals surface area contributed by atoms with Crippen molar-refractivity contribution in [1.82, 2.24) is 15.1 Å². The van der Waals surface area contributed by atoms with Crippen LogP contribution in [-0.2, 0) is 11.2 Å².